The molecule has 1 aromatic carbocycles. The number of benzene rings is 1. The smallest absolute Gasteiger partial charge is 0.136 e. The average Bonchev–Trinajstić information content (AvgIpc) is 2.35. The summed E-state index contributed by atoms with van der Waals surface area (Å²) in [5.74, 6) is 0.395. The maximum Gasteiger partial charge on any atom is 0.136 e. The van der Waals surface area contributed by atoms with Gasteiger partial charge in [0.15, 0.2) is 0 Å². The maximum absolute atomic E-state index is 13.4. The summed E-state index contributed by atoms with van der Waals surface area (Å²) in [5, 5.41) is 0.431. The SMILES string of the molecule is CCc1nc(Cl)c(C)c(-c2cc(F)ccc2C)n1. The van der Waals surface area contributed by atoms with E-state index in [1.807, 2.05) is 20.8 Å². The molecule has 0 unspecified atom stereocenters. The number of nitrogens with zero attached hydrogens (tertiary/aromatic N) is 2. The molecule has 1 heterocycles. The highest BCUT2D eigenvalue weighted by atomic mass is 35.5. The van der Waals surface area contributed by atoms with Crippen molar-refractivity contribution in [2.75, 3.05) is 0 Å². The summed E-state index contributed by atoms with van der Waals surface area (Å²) in [6.07, 6.45) is 0.696. The fraction of sp³-hybridized carbons (Fsp3) is 0.286. The monoisotopic (exact) mass is 264 g/mol. The first kappa shape index (κ1) is 13.0. The van der Waals surface area contributed by atoms with Crippen molar-refractivity contribution in [3.05, 3.63) is 46.1 Å². The molecule has 2 nitrogen and oxygen atoms in total. The van der Waals surface area contributed by atoms with Crippen LogP contribution in [-0.2, 0) is 6.42 Å². The molecule has 0 saturated heterocycles. The lowest BCUT2D eigenvalue weighted by Crippen LogP contribution is -2.00. The van der Waals surface area contributed by atoms with E-state index < -0.39 is 0 Å². The number of hydrogen-bond acceptors (Lipinski definition) is 2. The average molecular weight is 265 g/mol. The van der Waals surface area contributed by atoms with E-state index in [1.165, 1.54) is 12.1 Å². The Hall–Kier alpha value is -1.48. The lowest BCUT2D eigenvalue weighted by atomic mass is 10.0. The Morgan fingerprint density at radius 2 is 1.94 bits per heavy atom. The number of hydrogen-bond donors (Lipinski definition) is 0. The fourth-order valence-corrected chi connectivity index (χ4v) is 1.99. The third-order valence-electron chi connectivity index (χ3n) is 2.90. The van der Waals surface area contributed by atoms with Crippen LogP contribution in [0.15, 0.2) is 18.2 Å². The molecule has 0 N–H and O–H groups in total. The van der Waals surface area contributed by atoms with E-state index in [0.717, 1.165) is 16.7 Å². The van der Waals surface area contributed by atoms with Crippen molar-refractivity contribution in [2.45, 2.75) is 27.2 Å². The molecule has 0 saturated carbocycles. The van der Waals surface area contributed by atoms with Gasteiger partial charge >= 0.3 is 0 Å². The Kier molecular flexibility index (Phi) is 3.62. The fourth-order valence-electron chi connectivity index (χ4n) is 1.80. The van der Waals surface area contributed by atoms with Gasteiger partial charge in [0.25, 0.3) is 0 Å². The quantitative estimate of drug-likeness (QED) is 0.763. The summed E-state index contributed by atoms with van der Waals surface area (Å²) in [7, 11) is 0. The van der Waals surface area contributed by atoms with E-state index >= 15 is 0 Å². The molecule has 1 aromatic heterocycles. The van der Waals surface area contributed by atoms with E-state index in [4.69, 9.17) is 11.6 Å². The first-order chi connectivity index (χ1) is 8.52. The van der Waals surface area contributed by atoms with Crippen molar-refractivity contribution >= 4 is 11.6 Å². The van der Waals surface area contributed by atoms with Gasteiger partial charge < -0.3 is 0 Å². The molecular formula is C14H14ClFN2. The van der Waals surface area contributed by atoms with Crippen LogP contribution in [0.1, 0.15) is 23.9 Å². The van der Waals surface area contributed by atoms with E-state index in [0.29, 0.717) is 23.1 Å². The Morgan fingerprint density at radius 3 is 2.61 bits per heavy atom. The minimum absolute atomic E-state index is 0.275. The highest BCUT2D eigenvalue weighted by Gasteiger charge is 2.13. The van der Waals surface area contributed by atoms with Gasteiger partial charge in [0, 0.05) is 17.5 Å². The van der Waals surface area contributed by atoms with Crippen molar-refractivity contribution in [2.24, 2.45) is 0 Å². The Balaban J connectivity index is 2.69. The van der Waals surface area contributed by atoms with E-state index in [-0.39, 0.29) is 5.82 Å². The van der Waals surface area contributed by atoms with Crippen molar-refractivity contribution < 1.29 is 4.39 Å². The molecule has 0 aliphatic carbocycles. The first-order valence-corrected chi connectivity index (χ1v) is 6.20. The second kappa shape index (κ2) is 5.02. The van der Waals surface area contributed by atoms with Crippen molar-refractivity contribution in [3.63, 3.8) is 0 Å². The van der Waals surface area contributed by atoms with Crippen LogP contribution in [0.3, 0.4) is 0 Å². The summed E-state index contributed by atoms with van der Waals surface area (Å²) >= 11 is 6.09. The Labute approximate surface area is 111 Å². The highest BCUT2D eigenvalue weighted by molar-refractivity contribution is 6.30. The first-order valence-electron chi connectivity index (χ1n) is 5.82. The molecule has 0 aliphatic heterocycles. The molecule has 0 fully saturated rings. The van der Waals surface area contributed by atoms with Crippen LogP contribution in [0, 0.1) is 19.7 Å². The minimum Gasteiger partial charge on any atom is -0.233 e. The largest absolute Gasteiger partial charge is 0.233 e. The second-order valence-electron chi connectivity index (χ2n) is 4.22. The third kappa shape index (κ3) is 2.36. The molecule has 0 aliphatic rings. The van der Waals surface area contributed by atoms with Gasteiger partial charge in [-0.05, 0) is 31.5 Å². The number of aromatic nitrogens is 2. The van der Waals surface area contributed by atoms with Gasteiger partial charge in [-0.15, -0.1) is 0 Å². The molecule has 18 heavy (non-hydrogen) atoms. The topological polar surface area (TPSA) is 25.8 Å². The van der Waals surface area contributed by atoms with Gasteiger partial charge in [-0.3, -0.25) is 0 Å². The molecule has 2 rings (SSSR count). The zero-order chi connectivity index (χ0) is 13.3. The summed E-state index contributed by atoms with van der Waals surface area (Å²) in [6.45, 7) is 5.74. The molecule has 0 bridgehead atoms. The molecule has 0 amide bonds. The molecule has 2 aromatic rings. The lowest BCUT2D eigenvalue weighted by molar-refractivity contribution is 0.628. The predicted molar refractivity (Wildman–Crippen MR) is 71.3 cm³/mol. The zero-order valence-corrected chi connectivity index (χ0v) is 11.3. The van der Waals surface area contributed by atoms with E-state index in [2.05, 4.69) is 9.97 Å². The lowest BCUT2D eigenvalue weighted by Gasteiger charge is -2.11. The summed E-state index contributed by atoms with van der Waals surface area (Å²) in [6, 6.07) is 4.67. The molecule has 94 valence electrons. The number of aryl methyl sites for hydroxylation is 2. The molecule has 4 heteroatoms. The van der Waals surface area contributed by atoms with Crippen LogP contribution in [0.4, 0.5) is 4.39 Å². The number of rotatable bonds is 2. The minimum atomic E-state index is -0.275. The summed E-state index contributed by atoms with van der Waals surface area (Å²) in [4.78, 5) is 8.65. The Morgan fingerprint density at radius 1 is 1.22 bits per heavy atom. The van der Waals surface area contributed by atoms with Gasteiger partial charge in [0.2, 0.25) is 0 Å². The van der Waals surface area contributed by atoms with Crippen LogP contribution < -0.4 is 0 Å². The normalized spacial score (nSPS) is 10.7. The van der Waals surface area contributed by atoms with E-state index in [9.17, 15) is 4.39 Å². The van der Waals surface area contributed by atoms with Gasteiger partial charge in [0.1, 0.15) is 16.8 Å². The van der Waals surface area contributed by atoms with Crippen LogP contribution in [-0.4, -0.2) is 9.97 Å². The summed E-state index contributed by atoms with van der Waals surface area (Å²) < 4.78 is 13.4. The Bertz CT molecular complexity index is 597. The van der Waals surface area contributed by atoms with Crippen molar-refractivity contribution in [1.29, 1.82) is 0 Å². The van der Waals surface area contributed by atoms with Crippen LogP contribution in [0.25, 0.3) is 11.3 Å². The highest BCUT2D eigenvalue weighted by Crippen LogP contribution is 2.28. The van der Waals surface area contributed by atoms with Crippen LogP contribution >= 0.6 is 11.6 Å². The maximum atomic E-state index is 13.4. The van der Waals surface area contributed by atoms with Gasteiger partial charge in [-0.1, -0.05) is 24.6 Å². The third-order valence-corrected chi connectivity index (χ3v) is 3.27. The van der Waals surface area contributed by atoms with Crippen molar-refractivity contribution in [1.82, 2.24) is 9.97 Å². The van der Waals surface area contributed by atoms with Gasteiger partial charge in [-0.2, -0.15) is 0 Å². The van der Waals surface area contributed by atoms with Gasteiger partial charge in [-0.25, -0.2) is 14.4 Å². The molecule has 0 atom stereocenters. The second-order valence-corrected chi connectivity index (χ2v) is 4.58. The van der Waals surface area contributed by atoms with Gasteiger partial charge in [0.05, 0.1) is 5.69 Å². The molecular weight excluding hydrogens is 251 g/mol. The zero-order valence-electron chi connectivity index (χ0n) is 10.6. The van der Waals surface area contributed by atoms with Crippen LogP contribution in [0.5, 0.6) is 0 Å². The van der Waals surface area contributed by atoms with Crippen molar-refractivity contribution in [3.8, 4) is 11.3 Å². The number of halogens is 2. The van der Waals surface area contributed by atoms with Crippen LogP contribution in [0.2, 0.25) is 5.15 Å². The standard InChI is InChI=1S/C14H14ClFN2/c1-4-12-17-13(9(3)14(15)18-12)11-7-10(16)6-5-8(11)2/h5-7H,4H2,1-3H3. The van der Waals surface area contributed by atoms with E-state index in [1.54, 1.807) is 6.07 Å². The molecule has 0 radical (unpaired) electrons. The predicted octanol–water partition coefficient (Wildman–Crippen LogP) is 4.12. The molecule has 0 spiro atoms. The summed E-state index contributed by atoms with van der Waals surface area (Å²) in [5.41, 5.74) is 3.23.